The molecule has 1 heterocycles. The van der Waals surface area contributed by atoms with E-state index >= 15 is 0 Å². The molecule has 6 nitrogen and oxygen atoms in total. The number of carbonyl (C=O) groups excluding carboxylic acids is 2. The molecule has 3 rings (SSSR count). The molecule has 0 radical (unpaired) electrons. The van der Waals surface area contributed by atoms with Crippen LogP contribution >= 0.6 is 0 Å². The Morgan fingerprint density at radius 1 is 1.28 bits per heavy atom. The minimum absolute atomic E-state index is 0.00306. The summed E-state index contributed by atoms with van der Waals surface area (Å²) in [5.41, 5.74) is 1.46. The van der Waals surface area contributed by atoms with Crippen LogP contribution in [0.2, 0.25) is 0 Å². The summed E-state index contributed by atoms with van der Waals surface area (Å²) in [4.78, 5) is 28.2. The minimum atomic E-state index is -0.298. The number of aryl methyl sites for hydroxylation is 1. The molecule has 1 aliphatic carbocycles. The number of aromatic nitrogens is 2. The lowest BCUT2D eigenvalue weighted by atomic mass is 10.1. The van der Waals surface area contributed by atoms with Crippen LogP contribution in [-0.4, -0.2) is 34.5 Å². The lowest BCUT2D eigenvalue weighted by molar-refractivity contribution is -0.128. The summed E-state index contributed by atoms with van der Waals surface area (Å²) in [5.74, 6) is 0.304. The van der Waals surface area contributed by atoms with Crippen molar-refractivity contribution in [3.63, 3.8) is 0 Å². The van der Waals surface area contributed by atoms with E-state index in [1.807, 2.05) is 11.6 Å². The van der Waals surface area contributed by atoms with Crippen LogP contribution in [0.15, 0.2) is 18.2 Å². The van der Waals surface area contributed by atoms with Gasteiger partial charge in [0.05, 0.1) is 17.6 Å². The molecule has 2 amide bonds. The summed E-state index contributed by atoms with van der Waals surface area (Å²) in [6.45, 7) is 0.418. The molecule has 25 heavy (non-hydrogen) atoms. The number of hydrogen-bond acceptors (Lipinski definition) is 3. The summed E-state index contributed by atoms with van der Waals surface area (Å²) in [6, 6.07) is 4.47. The topological polar surface area (TPSA) is 76.0 Å². The smallest absolute Gasteiger partial charge is 0.239 e. The number of amides is 2. The van der Waals surface area contributed by atoms with E-state index in [1.165, 1.54) is 12.1 Å². The molecule has 2 aromatic rings. The molecule has 7 heteroatoms. The zero-order valence-electron chi connectivity index (χ0n) is 14.3. The van der Waals surface area contributed by atoms with Crippen molar-refractivity contribution in [1.82, 2.24) is 20.2 Å². The zero-order valence-corrected chi connectivity index (χ0v) is 14.3. The van der Waals surface area contributed by atoms with Gasteiger partial charge in [-0.3, -0.25) is 9.59 Å². The van der Waals surface area contributed by atoms with Crippen molar-refractivity contribution >= 4 is 22.8 Å². The SMILES string of the molecule is Cn1c(CCNC(=O)CNC(=O)C2CCCC2)nc2ccc(F)cc21. The molecule has 2 N–H and O–H groups in total. The number of imidazole rings is 1. The molecule has 0 atom stereocenters. The van der Waals surface area contributed by atoms with Crippen molar-refractivity contribution < 1.29 is 14.0 Å². The van der Waals surface area contributed by atoms with Gasteiger partial charge >= 0.3 is 0 Å². The number of nitrogens with zero attached hydrogens (tertiary/aromatic N) is 2. The molecule has 0 spiro atoms. The standard InChI is InChI=1S/C18H23FN4O2/c1-23-15-10-13(19)6-7-14(15)22-16(23)8-9-20-17(24)11-21-18(25)12-4-2-3-5-12/h6-7,10,12H,2-5,8-9,11H2,1H3,(H,20,24)(H,21,25). The number of benzene rings is 1. The Balaban J connectivity index is 1.45. The maximum atomic E-state index is 13.3. The lowest BCUT2D eigenvalue weighted by Crippen LogP contribution is -2.39. The fraction of sp³-hybridized carbons (Fsp3) is 0.500. The van der Waals surface area contributed by atoms with Gasteiger partial charge in [-0.1, -0.05) is 12.8 Å². The first kappa shape index (κ1) is 17.4. The molecule has 0 unspecified atom stereocenters. The molecule has 1 aromatic carbocycles. The highest BCUT2D eigenvalue weighted by Gasteiger charge is 2.22. The van der Waals surface area contributed by atoms with E-state index in [0.717, 1.165) is 42.5 Å². The Labute approximate surface area is 145 Å². The minimum Gasteiger partial charge on any atom is -0.354 e. The molecule has 1 saturated carbocycles. The monoisotopic (exact) mass is 346 g/mol. The van der Waals surface area contributed by atoms with Gasteiger partial charge in [0.25, 0.3) is 0 Å². The molecular formula is C18H23FN4O2. The predicted octanol–water partition coefficient (Wildman–Crippen LogP) is 1.68. The van der Waals surface area contributed by atoms with Gasteiger partial charge in [0, 0.05) is 25.9 Å². The maximum absolute atomic E-state index is 13.3. The summed E-state index contributed by atoms with van der Waals surface area (Å²) in [5, 5.41) is 5.48. The molecule has 1 fully saturated rings. The average molecular weight is 346 g/mol. The van der Waals surface area contributed by atoms with Crippen LogP contribution in [0, 0.1) is 11.7 Å². The molecule has 0 saturated heterocycles. The first-order valence-electron chi connectivity index (χ1n) is 8.70. The second kappa shape index (κ2) is 7.63. The largest absolute Gasteiger partial charge is 0.354 e. The first-order chi connectivity index (χ1) is 12.0. The van der Waals surface area contributed by atoms with Gasteiger partial charge < -0.3 is 15.2 Å². The second-order valence-electron chi connectivity index (χ2n) is 6.52. The van der Waals surface area contributed by atoms with E-state index in [9.17, 15) is 14.0 Å². The van der Waals surface area contributed by atoms with Crippen LogP contribution in [0.25, 0.3) is 11.0 Å². The molecular weight excluding hydrogens is 323 g/mol. The fourth-order valence-corrected chi connectivity index (χ4v) is 3.31. The van der Waals surface area contributed by atoms with Gasteiger partial charge in [-0.25, -0.2) is 9.37 Å². The van der Waals surface area contributed by atoms with E-state index in [4.69, 9.17) is 0 Å². The number of halogens is 1. The Kier molecular flexibility index (Phi) is 5.31. The third-order valence-corrected chi connectivity index (χ3v) is 4.76. The van der Waals surface area contributed by atoms with Crippen molar-refractivity contribution in [2.45, 2.75) is 32.1 Å². The highest BCUT2D eigenvalue weighted by molar-refractivity contribution is 5.85. The third-order valence-electron chi connectivity index (χ3n) is 4.76. The molecule has 0 bridgehead atoms. The van der Waals surface area contributed by atoms with Gasteiger partial charge in [-0.15, -0.1) is 0 Å². The van der Waals surface area contributed by atoms with Crippen molar-refractivity contribution in [1.29, 1.82) is 0 Å². The summed E-state index contributed by atoms with van der Waals surface area (Å²) in [7, 11) is 1.83. The molecule has 134 valence electrons. The number of fused-ring (bicyclic) bond motifs is 1. The van der Waals surface area contributed by atoms with Gasteiger partial charge in [-0.2, -0.15) is 0 Å². The Morgan fingerprint density at radius 2 is 2.04 bits per heavy atom. The lowest BCUT2D eigenvalue weighted by Gasteiger charge is -2.10. The summed E-state index contributed by atoms with van der Waals surface area (Å²) >= 11 is 0. The van der Waals surface area contributed by atoms with Crippen LogP contribution in [0.4, 0.5) is 4.39 Å². The predicted molar refractivity (Wildman–Crippen MR) is 92.4 cm³/mol. The number of carbonyl (C=O) groups is 2. The Morgan fingerprint density at radius 3 is 2.80 bits per heavy atom. The quantitative estimate of drug-likeness (QED) is 0.835. The molecule has 0 aliphatic heterocycles. The van der Waals surface area contributed by atoms with Crippen molar-refractivity contribution in [3.8, 4) is 0 Å². The van der Waals surface area contributed by atoms with Crippen LogP contribution in [0.1, 0.15) is 31.5 Å². The van der Waals surface area contributed by atoms with Gasteiger partial charge in [0.1, 0.15) is 11.6 Å². The summed E-state index contributed by atoms with van der Waals surface area (Å²) < 4.78 is 15.1. The maximum Gasteiger partial charge on any atom is 0.239 e. The van der Waals surface area contributed by atoms with Crippen molar-refractivity contribution in [2.24, 2.45) is 13.0 Å². The van der Waals surface area contributed by atoms with Crippen molar-refractivity contribution in [2.75, 3.05) is 13.1 Å². The normalized spacial score (nSPS) is 14.8. The number of hydrogen-bond donors (Lipinski definition) is 2. The van der Waals surface area contributed by atoms with E-state index in [0.29, 0.717) is 13.0 Å². The van der Waals surface area contributed by atoms with E-state index < -0.39 is 0 Å². The van der Waals surface area contributed by atoms with Gasteiger partial charge in [0.2, 0.25) is 11.8 Å². The highest BCUT2D eigenvalue weighted by Crippen LogP contribution is 2.24. The summed E-state index contributed by atoms with van der Waals surface area (Å²) in [6.07, 6.45) is 4.55. The number of nitrogens with one attached hydrogen (secondary N) is 2. The first-order valence-corrected chi connectivity index (χ1v) is 8.70. The molecule has 1 aliphatic rings. The molecule has 1 aromatic heterocycles. The van der Waals surface area contributed by atoms with Crippen LogP contribution in [0.5, 0.6) is 0 Å². The highest BCUT2D eigenvalue weighted by atomic mass is 19.1. The van der Waals surface area contributed by atoms with Crippen molar-refractivity contribution in [3.05, 3.63) is 29.8 Å². The fourth-order valence-electron chi connectivity index (χ4n) is 3.31. The van der Waals surface area contributed by atoms with E-state index in [-0.39, 0.29) is 30.1 Å². The number of rotatable bonds is 6. The van der Waals surface area contributed by atoms with Crippen LogP contribution in [0.3, 0.4) is 0 Å². The Bertz CT molecular complexity index is 781. The average Bonchev–Trinajstić information content (AvgIpc) is 3.23. The second-order valence-corrected chi connectivity index (χ2v) is 6.52. The van der Waals surface area contributed by atoms with Crippen LogP contribution < -0.4 is 10.6 Å². The van der Waals surface area contributed by atoms with Gasteiger partial charge in [-0.05, 0) is 31.0 Å². The Hall–Kier alpha value is -2.44. The van der Waals surface area contributed by atoms with Gasteiger partial charge in [0.15, 0.2) is 0 Å². The van der Waals surface area contributed by atoms with E-state index in [2.05, 4.69) is 15.6 Å². The zero-order chi connectivity index (χ0) is 17.8. The third kappa shape index (κ3) is 4.15. The van der Waals surface area contributed by atoms with Crippen LogP contribution in [-0.2, 0) is 23.1 Å². The van der Waals surface area contributed by atoms with E-state index in [1.54, 1.807) is 6.07 Å².